The van der Waals surface area contributed by atoms with Gasteiger partial charge in [-0.15, -0.1) is 0 Å². The average molecular weight is 275 g/mol. The zero-order valence-electron chi connectivity index (χ0n) is 12.1. The van der Waals surface area contributed by atoms with Crippen LogP contribution in [0.5, 0.6) is 0 Å². The number of H-pyrrole nitrogens is 1. The largest absolute Gasteiger partial charge is 0.397 e. The molecule has 2 rings (SSSR count). The van der Waals surface area contributed by atoms with Crippen molar-refractivity contribution >= 4 is 22.5 Å². The molecule has 4 N–H and O–H groups in total. The standard InChI is InChI=1S/C15H21N3O2/c1-4-20-15(2,3)9-17-14(19)12-8-10-6-5-7-11(16)13(10)18-12/h5-8,18H,4,9,16H2,1-3H3,(H,17,19). The van der Waals surface area contributed by atoms with E-state index in [0.717, 1.165) is 10.9 Å². The fourth-order valence-electron chi connectivity index (χ4n) is 2.13. The number of aromatic amines is 1. The molecule has 0 aliphatic carbocycles. The molecule has 0 atom stereocenters. The van der Waals surface area contributed by atoms with Gasteiger partial charge in [0.25, 0.3) is 5.91 Å². The SMILES string of the molecule is CCOC(C)(C)CNC(=O)c1cc2cccc(N)c2[nH]1. The van der Waals surface area contributed by atoms with E-state index in [-0.39, 0.29) is 11.5 Å². The summed E-state index contributed by atoms with van der Waals surface area (Å²) in [6.45, 7) is 6.89. The van der Waals surface area contributed by atoms with Crippen LogP contribution in [-0.4, -0.2) is 29.6 Å². The highest BCUT2D eigenvalue weighted by Gasteiger charge is 2.19. The fourth-order valence-corrected chi connectivity index (χ4v) is 2.13. The highest BCUT2D eigenvalue weighted by atomic mass is 16.5. The smallest absolute Gasteiger partial charge is 0.267 e. The molecule has 20 heavy (non-hydrogen) atoms. The zero-order chi connectivity index (χ0) is 14.8. The van der Waals surface area contributed by atoms with Gasteiger partial charge in [0.15, 0.2) is 0 Å². The Balaban J connectivity index is 2.10. The van der Waals surface area contributed by atoms with Gasteiger partial charge in [0.05, 0.1) is 16.8 Å². The second kappa shape index (κ2) is 5.54. The molecule has 5 heteroatoms. The third-order valence-electron chi connectivity index (χ3n) is 3.14. The number of anilines is 1. The van der Waals surface area contributed by atoms with Crippen LogP contribution in [0, 0.1) is 0 Å². The lowest BCUT2D eigenvalue weighted by Gasteiger charge is -2.24. The van der Waals surface area contributed by atoms with Gasteiger partial charge in [0, 0.05) is 18.5 Å². The molecule has 0 radical (unpaired) electrons. The normalized spacial score (nSPS) is 11.8. The molecular formula is C15H21N3O2. The van der Waals surface area contributed by atoms with Crippen molar-refractivity contribution in [1.29, 1.82) is 0 Å². The number of para-hydroxylation sites is 1. The molecule has 1 heterocycles. The monoisotopic (exact) mass is 275 g/mol. The average Bonchev–Trinajstić information content (AvgIpc) is 2.81. The molecule has 108 valence electrons. The molecule has 1 aromatic carbocycles. The van der Waals surface area contributed by atoms with E-state index in [0.29, 0.717) is 24.5 Å². The third-order valence-corrected chi connectivity index (χ3v) is 3.14. The van der Waals surface area contributed by atoms with Crippen LogP contribution in [0.4, 0.5) is 5.69 Å². The molecule has 0 saturated heterocycles. The van der Waals surface area contributed by atoms with Gasteiger partial charge in [-0.1, -0.05) is 12.1 Å². The molecular weight excluding hydrogens is 254 g/mol. The number of ether oxygens (including phenoxy) is 1. The Kier molecular flexibility index (Phi) is 3.99. The summed E-state index contributed by atoms with van der Waals surface area (Å²) in [6, 6.07) is 7.39. The van der Waals surface area contributed by atoms with Crippen LogP contribution in [-0.2, 0) is 4.74 Å². The minimum Gasteiger partial charge on any atom is -0.397 e. The number of amides is 1. The van der Waals surface area contributed by atoms with Gasteiger partial charge in [-0.25, -0.2) is 0 Å². The Hall–Kier alpha value is -2.01. The Bertz CT molecular complexity index is 617. The van der Waals surface area contributed by atoms with Crippen molar-refractivity contribution < 1.29 is 9.53 Å². The quantitative estimate of drug-likeness (QED) is 0.732. The molecule has 0 fully saturated rings. The minimum absolute atomic E-state index is 0.159. The number of benzene rings is 1. The van der Waals surface area contributed by atoms with E-state index in [1.807, 2.05) is 32.9 Å². The summed E-state index contributed by atoms with van der Waals surface area (Å²) in [5.74, 6) is -0.159. The van der Waals surface area contributed by atoms with E-state index in [1.165, 1.54) is 0 Å². The molecule has 0 aliphatic heterocycles. The maximum absolute atomic E-state index is 12.1. The summed E-state index contributed by atoms with van der Waals surface area (Å²) in [5.41, 5.74) is 7.42. The number of nitrogens with two attached hydrogens (primary N) is 1. The first-order valence-corrected chi connectivity index (χ1v) is 6.72. The maximum atomic E-state index is 12.1. The van der Waals surface area contributed by atoms with E-state index < -0.39 is 0 Å². The Morgan fingerprint density at radius 3 is 2.85 bits per heavy atom. The van der Waals surface area contributed by atoms with Gasteiger partial charge in [-0.2, -0.15) is 0 Å². The molecule has 1 aromatic heterocycles. The summed E-state index contributed by atoms with van der Waals surface area (Å²) in [6.07, 6.45) is 0. The lowest BCUT2D eigenvalue weighted by atomic mass is 10.1. The number of carbonyl (C=O) groups excluding carboxylic acids is 1. The first-order valence-electron chi connectivity index (χ1n) is 6.72. The van der Waals surface area contributed by atoms with E-state index >= 15 is 0 Å². The molecule has 0 bridgehead atoms. The van der Waals surface area contributed by atoms with E-state index in [9.17, 15) is 4.79 Å². The number of hydrogen-bond acceptors (Lipinski definition) is 3. The minimum atomic E-state index is -0.380. The van der Waals surface area contributed by atoms with Crippen LogP contribution in [0.3, 0.4) is 0 Å². The zero-order valence-corrected chi connectivity index (χ0v) is 12.1. The van der Waals surface area contributed by atoms with Gasteiger partial charge in [-0.3, -0.25) is 4.79 Å². The van der Waals surface area contributed by atoms with Gasteiger partial charge in [0.1, 0.15) is 5.69 Å². The van der Waals surface area contributed by atoms with Crippen molar-refractivity contribution in [1.82, 2.24) is 10.3 Å². The van der Waals surface area contributed by atoms with Crippen molar-refractivity contribution in [3.63, 3.8) is 0 Å². The Morgan fingerprint density at radius 1 is 1.45 bits per heavy atom. The van der Waals surface area contributed by atoms with Crippen LogP contribution >= 0.6 is 0 Å². The van der Waals surface area contributed by atoms with E-state index in [2.05, 4.69) is 10.3 Å². The second-order valence-electron chi connectivity index (χ2n) is 5.37. The van der Waals surface area contributed by atoms with Crippen molar-refractivity contribution in [3.05, 3.63) is 30.0 Å². The first kappa shape index (κ1) is 14.4. The van der Waals surface area contributed by atoms with Crippen LogP contribution in [0.25, 0.3) is 10.9 Å². The van der Waals surface area contributed by atoms with Crippen LogP contribution in [0.15, 0.2) is 24.3 Å². The van der Waals surface area contributed by atoms with E-state index in [4.69, 9.17) is 10.5 Å². The van der Waals surface area contributed by atoms with Crippen molar-refractivity contribution in [2.45, 2.75) is 26.4 Å². The lowest BCUT2D eigenvalue weighted by Crippen LogP contribution is -2.40. The predicted octanol–water partition coefficient (Wildman–Crippen LogP) is 2.29. The number of fused-ring (bicyclic) bond motifs is 1. The van der Waals surface area contributed by atoms with Crippen molar-refractivity contribution in [2.24, 2.45) is 0 Å². The van der Waals surface area contributed by atoms with Gasteiger partial charge < -0.3 is 20.8 Å². The number of rotatable bonds is 5. The van der Waals surface area contributed by atoms with Crippen LogP contribution in [0.1, 0.15) is 31.3 Å². The number of carbonyl (C=O) groups is 1. The predicted molar refractivity (Wildman–Crippen MR) is 80.7 cm³/mol. The molecule has 0 unspecified atom stereocenters. The van der Waals surface area contributed by atoms with Crippen molar-refractivity contribution in [3.8, 4) is 0 Å². The number of nitrogens with one attached hydrogen (secondary N) is 2. The van der Waals surface area contributed by atoms with Crippen molar-refractivity contribution in [2.75, 3.05) is 18.9 Å². The third kappa shape index (κ3) is 3.11. The summed E-state index contributed by atoms with van der Waals surface area (Å²) < 4.78 is 5.55. The summed E-state index contributed by atoms with van der Waals surface area (Å²) >= 11 is 0. The summed E-state index contributed by atoms with van der Waals surface area (Å²) in [7, 11) is 0. The molecule has 5 nitrogen and oxygen atoms in total. The van der Waals surface area contributed by atoms with Crippen LogP contribution < -0.4 is 11.1 Å². The number of hydrogen-bond donors (Lipinski definition) is 3. The molecule has 2 aromatic rings. The fraction of sp³-hybridized carbons (Fsp3) is 0.400. The summed E-state index contributed by atoms with van der Waals surface area (Å²) in [5, 5.41) is 3.80. The highest BCUT2D eigenvalue weighted by Crippen LogP contribution is 2.21. The van der Waals surface area contributed by atoms with Gasteiger partial charge in [0.2, 0.25) is 0 Å². The topological polar surface area (TPSA) is 80.1 Å². The maximum Gasteiger partial charge on any atom is 0.267 e. The van der Waals surface area contributed by atoms with Gasteiger partial charge in [-0.05, 0) is 32.9 Å². The second-order valence-corrected chi connectivity index (χ2v) is 5.37. The molecule has 1 amide bonds. The first-order chi connectivity index (χ1) is 9.43. The number of nitrogen functional groups attached to an aromatic ring is 1. The summed E-state index contributed by atoms with van der Waals surface area (Å²) in [4.78, 5) is 15.2. The van der Waals surface area contributed by atoms with Crippen LogP contribution in [0.2, 0.25) is 0 Å². The van der Waals surface area contributed by atoms with E-state index in [1.54, 1.807) is 12.1 Å². The van der Waals surface area contributed by atoms with Gasteiger partial charge >= 0.3 is 0 Å². The lowest BCUT2D eigenvalue weighted by molar-refractivity contribution is -0.00817. The highest BCUT2D eigenvalue weighted by molar-refractivity contribution is 6.00. The molecule has 0 saturated carbocycles. The Morgan fingerprint density at radius 2 is 2.20 bits per heavy atom. The number of aromatic nitrogens is 1. The Labute approximate surface area is 118 Å². The molecule has 0 aliphatic rings. The molecule has 0 spiro atoms.